The average molecular weight is 253 g/mol. The van der Waals surface area contributed by atoms with Crippen LogP contribution in [0.5, 0.6) is 0 Å². The molecule has 2 heterocycles. The second-order valence-electron chi connectivity index (χ2n) is 5.95. The van der Waals surface area contributed by atoms with Gasteiger partial charge in [0.1, 0.15) is 0 Å². The van der Waals surface area contributed by atoms with Crippen molar-refractivity contribution in [3.05, 3.63) is 0 Å². The molecule has 1 atom stereocenters. The Morgan fingerprint density at radius 2 is 1.94 bits per heavy atom. The van der Waals surface area contributed by atoms with Gasteiger partial charge in [0.15, 0.2) is 0 Å². The van der Waals surface area contributed by atoms with E-state index in [1.165, 1.54) is 71.4 Å². The van der Waals surface area contributed by atoms with Crippen molar-refractivity contribution in [2.45, 2.75) is 58.0 Å². The van der Waals surface area contributed by atoms with Crippen LogP contribution in [0.4, 0.5) is 0 Å². The molecule has 0 aromatic carbocycles. The maximum Gasteiger partial charge on any atom is 0.0195 e. The van der Waals surface area contributed by atoms with E-state index >= 15 is 0 Å². The Hall–Kier alpha value is -0.120. The topological polar surface area (TPSA) is 18.5 Å². The lowest BCUT2D eigenvalue weighted by Crippen LogP contribution is -2.48. The summed E-state index contributed by atoms with van der Waals surface area (Å²) in [6.45, 7) is 12.3. The minimum absolute atomic E-state index is 0.763. The summed E-state index contributed by atoms with van der Waals surface area (Å²) < 4.78 is 0. The lowest BCUT2D eigenvalue weighted by atomic mass is 10.0. The fraction of sp³-hybridized carbons (Fsp3) is 1.00. The quantitative estimate of drug-likeness (QED) is 0.780. The minimum Gasteiger partial charge on any atom is -0.313 e. The molecule has 0 radical (unpaired) electrons. The molecule has 0 aromatic heterocycles. The first kappa shape index (κ1) is 14.3. The Morgan fingerprint density at radius 3 is 2.50 bits per heavy atom. The van der Waals surface area contributed by atoms with Gasteiger partial charge >= 0.3 is 0 Å². The molecule has 2 fully saturated rings. The Balaban J connectivity index is 1.74. The largest absolute Gasteiger partial charge is 0.313 e. The Bertz CT molecular complexity index is 218. The van der Waals surface area contributed by atoms with Crippen LogP contribution in [0.3, 0.4) is 0 Å². The van der Waals surface area contributed by atoms with Crippen LogP contribution in [-0.4, -0.2) is 61.2 Å². The zero-order chi connectivity index (χ0) is 12.8. The molecule has 0 bridgehead atoms. The predicted octanol–water partition coefficient (Wildman–Crippen LogP) is 1.93. The highest BCUT2D eigenvalue weighted by molar-refractivity contribution is 4.84. The van der Waals surface area contributed by atoms with Gasteiger partial charge in [0.2, 0.25) is 0 Å². The van der Waals surface area contributed by atoms with E-state index in [1.807, 2.05) is 0 Å². The molecule has 2 aliphatic rings. The molecule has 0 spiro atoms. The SMILES string of the molecule is CCCN1CCC(N(CC)CC2CCCN2)CC1. The third-order valence-electron chi connectivity index (χ3n) is 4.64. The van der Waals surface area contributed by atoms with Crippen LogP contribution in [-0.2, 0) is 0 Å². The highest BCUT2D eigenvalue weighted by atomic mass is 15.2. The first-order valence-electron chi connectivity index (χ1n) is 8.03. The third-order valence-corrected chi connectivity index (χ3v) is 4.64. The fourth-order valence-corrected chi connectivity index (χ4v) is 3.56. The van der Waals surface area contributed by atoms with Crippen LogP contribution in [0.2, 0.25) is 0 Å². The van der Waals surface area contributed by atoms with Gasteiger partial charge in [0.25, 0.3) is 0 Å². The van der Waals surface area contributed by atoms with Crippen molar-refractivity contribution in [1.29, 1.82) is 0 Å². The Morgan fingerprint density at radius 1 is 1.17 bits per heavy atom. The minimum atomic E-state index is 0.763. The van der Waals surface area contributed by atoms with E-state index in [-0.39, 0.29) is 0 Å². The van der Waals surface area contributed by atoms with Gasteiger partial charge in [-0.2, -0.15) is 0 Å². The van der Waals surface area contributed by atoms with Crippen LogP contribution >= 0.6 is 0 Å². The van der Waals surface area contributed by atoms with E-state index < -0.39 is 0 Å². The zero-order valence-corrected chi connectivity index (χ0v) is 12.3. The molecule has 2 saturated heterocycles. The van der Waals surface area contributed by atoms with Gasteiger partial charge in [-0.05, 0) is 64.8 Å². The molecule has 0 aromatic rings. The summed E-state index contributed by atoms with van der Waals surface area (Å²) in [4.78, 5) is 5.37. The third kappa shape index (κ3) is 3.94. The van der Waals surface area contributed by atoms with Crippen molar-refractivity contribution in [3.8, 4) is 0 Å². The smallest absolute Gasteiger partial charge is 0.0195 e. The van der Waals surface area contributed by atoms with Crippen molar-refractivity contribution in [3.63, 3.8) is 0 Å². The maximum atomic E-state index is 3.64. The summed E-state index contributed by atoms with van der Waals surface area (Å²) in [6, 6.07) is 1.60. The Kier molecular flexibility index (Phi) is 5.93. The molecule has 1 N–H and O–H groups in total. The van der Waals surface area contributed by atoms with E-state index in [0.29, 0.717) is 0 Å². The van der Waals surface area contributed by atoms with E-state index in [9.17, 15) is 0 Å². The van der Waals surface area contributed by atoms with Crippen LogP contribution in [0.25, 0.3) is 0 Å². The van der Waals surface area contributed by atoms with Crippen molar-refractivity contribution in [2.75, 3.05) is 39.3 Å². The molecule has 3 nitrogen and oxygen atoms in total. The first-order chi connectivity index (χ1) is 8.83. The second kappa shape index (κ2) is 7.46. The normalized spacial score (nSPS) is 27.2. The van der Waals surface area contributed by atoms with Crippen LogP contribution in [0, 0.1) is 0 Å². The number of hydrogen-bond donors (Lipinski definition) is 1. The van der Waals surface area contributed by atoms with Gasteiger partial charge in [-0.25, -0.2) is 0 Å². The molecule has 106 valence electrons. The molecule has 1 unspecified atom stereocenters. The number of hydrogen-bond acceptors (Lipinski definition) is 3. The molecule has 0 saturated carbocycles. The maximum absolute atomic E-state index is 3.64. The molecule has 2 rings (SSSR count). The van der Waals surface area contributed by atoms with Crippen LogP contribution in [0.15, 0.2) is 0 Å². The molecule has 0 amide bonds. The lowest BCUT2D eigenvalue weighted by Gasteiger charge is -2.39. The van der Waals surface area contributed by atoms with Gasteiger partial charge < -0.3 is 10.2 Å². The molecular weight excluding hydrogens is 222 g/mol. The number of piperidine rings is 1. The number of nitrogens with one attached hydrogen (secondary N) is 1. The number of rotatable bonds is 6. The van der Waals surface area contributed by atoms with E-state index in [4.69, 9.17) is 0 Å². The second-order valence-corrected chi connectivity index (χ2v) is 5.95. The van der Waals surface area contributed by atoms with Gasteiger partial charge in [0, 0.05) is 18.6 Å². The molecule has 0 aliphatic carbocycles. The van der Waals surface area contributed by atoms with Gasteiger partial charge in [0.05, 0.1) is 0 Å². The van der Waals surface area contributed by atoms with Gasteiger partial charge in [-0.15, -0.1) is 0 Å². The van der Waals surface area contributed by atoms with Crippen molar-refractivity contribution >= 4 is 0 Å². The Labute approximate surface area is 113 Å². The molecular formula is C15H31N3. The summed E-state index contributed by atoms with van der Waals surface area (Å²) in [5.41, 5.74) is 0. The van der Waals surface area contributed by atoms with Crippen molar-refractivity contribution < 1.29 is 0 Å². The van der Waals surface area contributed by atoms with Crippen LogP contribution < -0.4 is 5.32 Å². The molecule has 18 heavy (non-hydrogen) atoms. The van der Waals surface area contributed by atoms with Crippen LogP contribution in [0.1, 0.15) is 46.0 Å². The summed E-state index contributed by atoms with van der Waals surface area (Å²) >= 11 is 0. The first-order valence-corrected chi connectivity index (χ1v) is 8.03. The average Bonchev–Trinajstić information content (AvgIpc) is 2.90. The highest BCUT2D eigenvalue weighted by Crippen LogP contribution is 2.18. The lowest BCUT2D eigenvalue weighted by molar-refractivity contribution is 0.105. The number of nitrogens with zero attached hydrogens (tertiary/aromatic N) is 2. The van der Waals surface area contributed by atoms with Crippen molar-refractivity contribution in [1.82, 2.24) is 15.1 Å². The van der Waals surface area contributed by atoms with Gasteiger partial charge in [-0.1, -0.05) is 13.8 Å². The summed E-state index contributed by atoms with van der Waals surface area (Å²) in [5, 5.41) is 3.64. The van der Waals surface area contributed by atoms with Crippen molar-refractivity contribution in [2.24, 2.45) is 0 Å². The monoisotopic (exact) mass is 253 g/mol. The summed E-state index contributed by atoms with van der Waals surface area (Å²) in [6.07, 6.45) is 6.80. The van der Waals surface area contributed by atoms with E-state index in [0.717, 1.165) is 12.1 Å². The molecule has 3 heteroatoms. The summed E-state index contributed by atoms with van der Waals surface area (Å²) in [5.74, 6) is 0. The fourth-order valence-electron chi connectivity index (χ4n) is 3.56. The number of likely N-dealkylation sites (tertiary alicyclic amines) is 1. The molecule has 2 aliphatic heterocycles. The standard InChI is InChI=1S/C15H31N3/c1-3-10-17-11-7-15(8-12-17)18(4-2)13-14-6-5-9-16-14/h14-16H,3-13H2,1-2H3. The number of likely N-dealkylation sites (N-methyl/N-ethyl adjacent to an activating group) is 1. The predicted molar refractivity (Wildman–Crippen MR) is 78.0 cm³/mol. The van der Waals surface area contributed by atoms with Gasteiger partial charge in [-0.3, -0.25) is 4.90 Å². The zero-order valence-electron chi connectivity index (χ0n) is 12.3. The highest BCUT2D eigenvalue weighted by Gasteiger charge is 2.26. The van der Waals surface area contributed by atoms with E-state index in [1.54, 1.807) is 0 Å². The van der Waals surface area contributed by atoms with E-state index in [2.05, 4.69) is 29.0 Å². The summed E-state index contributed by atoms with van der Waals surface area (Å²) in [7, 11) is 0.